The monoisotopic (exact) mass is 459 g/mol. The maximum Gasteiger partial charge on any atom is 0.193 e. The molecular formula is C14H23ClIN3O2S. The van der Waals surface area contributed by atoms with E-state index in [4.69, 9.17) is 11.6 Å². The van der Waals surface area contributed by atoms with Gasteiger partial charge in [-0.25, -0.2) is 8.42 Å². The minimum absolute atomic E-state index is 0. The Balaban J connectivity index is 0.00000441. The van der Waals surface area contributed by atoms with Gasteiger partial charge in [-0.05, 0) is 18.1 Å². The van der Waals surface area contributed by atoms with Gasteiger partial charge in [0, 0.05) is 38.5 Å². The van der Waals surface area contributed by atoms with Crippen molar-refractivity contribution in [2.75, 3.05) is 32.6 Å². The number of sulfone groups is 1. The highest BCUT2D eigenvalue weighted by Crippen LogP contribution is 2.16. The van der Waals surface area contributed by atoms with Crippen LogP contribution in [0.2, 0.25) is 5.02 Å². The smallest absolute Gasteiger partial charge is 0.193 e. The number of hydrogen-bond donors (Lipinski definition) is 1. The fourth-order valence-corrected chi connectivity index (χ4v) is 2.74. The molecule has 0 saturated carbocycles. The van der Waals surface area contributed by atoms with Crippen molar-refractivity contribution in [3.8, 4) is 0 Å². The largest absolute Gasteiger partial charge is 0.356 e. The molecule has 0 radical (unpaired) electrons. The van der Waals surface area contributed by atoms with Crippen molar-refractivity contribution in [2.24, 2.45) is 4.99 Å². The summed E-state index contributed by atoms with van der Waals surface area (Å²) < 4.78 is 22.1. The van der Waals surface area contributed by atoms with Crippen LogP contribution in [-0.4, -0.2) is 51.9 Å². The van der Waals surface area contributed by atoms with E-state index < -0.39 is 9.84 Å². The lowest BCUT2D eigenvalue weighted by Gasteiger charge is -2.22. The summed E-state index contributed by atoms with van der Waals surface area (Å²) in [5.74, 6) is 0.883. The van der Waals surface area contributed by atoms with E-state index >= 15 is 0 Å². The van der Waals surface area contributed by atoms with Crippen LogP contribution < -0.4 is 5.32 Å². The minimum Gasteiger partial charge on any atom is -0.356 e. The average Bonchev–Trinajstić information content (AvgIpc) is 2.40. The van der Waals surface area contributed by atoms with Gasteiger partial charge in [0.05, 0.1) is 5.75 Å². The number of halogens is 2. The predicted octanol–water partition coefficient (Wildman–Crippen LogP) is 2.40. The minimum atomic E-state index is -2.91. The molecule has 0 aliphatic carbocycles. The number of nitrogens with zero attached hydrogens (tertiary/aromatic N) is 2. The Bertz CT molecular complexity index is 594. The van der Waals surface area contributed by atoms with Crippen LogP contribution in [-0.2, 0) is 16.4 Å². The van der Waals surface area contributed by atoms with Gasteiger partial charge in [-0.1, -0.05) is 29.8 Å². The fraction of sp³-hybridized carbons (Fsp3) is 0.500. The molecule has 0 spiro atoms. The summed E-state index contributed by atoms with van der Waals surface area (Å²) >= 11 is 6.14. The van der Waals surface area contributed by atoms with Crippen LogP contribution >= 0.6 is 35.6 Å². The average molecular weight is 460 g/mol. The predicted molar refractivity (Wildman–Crippen MR) is 104 cm³/mol. The van der Waals surface area contributed by atoms with Crippen molar-refractivity contribution in [3.63, 3.8) is 0 Å². The van der Waals surface area contributed by atoms with Gasteiger partial charge < -0.3 is 10.2 Å². The maximum atomic E-state index is 11.1. The van der Waals surface area contributed by atoms with Gasteiger partial charge in [0.15, 0.2) is 5.96 Å². The standard InChI is InChI=1S/C14H22ClN3O2S.HI/c1-16-14(17-9-6-10-21(3,19)20)18(2)11-12-7-4-5-8-13(12)15;/h4-5,7-8H,6,9-11H2,1-3H3,(H,16,17);1H. The van der Waals surface area contributed by atoms with Gasteiger partial charge in [0.1, 0.15) is 9.84 Å². The molecule has 1 aromatic rings. The highest BCUT2D eigenvalue weighted by Gasteiger charge is 2.09. The number of rotatable bonds is 6. The van der Waals surface area contributed by atoms with E-state index in [9.17, 15) is 8.42 Å². The van der Waals surface area contributed by atoms with Gasteiger partial charge in [0.2, 0.25) is 0 Å². The first-order valence-electron chi connectivity index (χ1n) is 6.66. The number of benzene rings is 1. The fourth-order valence-electron chi connectivity index (χ4n) is 1.88. The van der Waals surface area contributed by atoms with Crippen LogP contribution in [0, 0.1) is 0 Å². The Morgan fingerprint density at radius 2 is 2.00 bits per heavy atom. The lowest BCUT2D eigenvalue weighted by atomic mass is 10.2. The molecule has 8 heteroatoms. The zero-order valence-electron chi connectivity index (χ0n) is 13.0. The molecule has 0 heterocycles. The van der Waals surface area contributed by atoms with Crippen molar-refractivity contribution in [2.45, 2.75) is 13.0 Å². The first kappa shape index (κ1) is 21.5. The van der Waals surface area contributed by atoms with Crippen molar-refractivity contribution >= 4 is 51.4 Å². The number of guanidine groups is 1. The molecule has 1 N–H and O–H groups in total. The van der Waals surface area contributed by atoms with Crippen molar-refractivity contribution in [1.29, 1.82) is 0 Å². The molecule has 1 aromatic carbocycles. The van der Waals surface area contributed by atoms with Crippen molar-refractivity contribution < 1.29 is 8.42 Å². The van der Waals surface area contributed by atoms with E-state index in [0.29, 0.717) is 25.5 Å². The first-order valence-corrected chi connectivity index (χ1v) is 9.10. The Hall–Kier alpha value is -0.540. The van der Waals surface area contributed by atoms with Gasteiger partial charge in [-0.2, -0.15) is 0 Å². The second-order valence-corrected chi connectivity index (χ2v) is 7.57. The lowest BCUT2D eigenvalue weighted by molar-refractivity contribution is 0.477. The number of nitrogens with one attached hydrogen (secondary N) is 1. The molecule has 0 amide bonds. The van der Waals surface area contributed by atoms with Crippen molar-refractivity contribution in [3.05, 3.63) is 34.9 Å². The second kappa shape index (κ2) is 10.3. The number of hydrogen-bond acceptors (Lipinski definition) is 3. The molecule has 1 rings (SSSR count). The van der Waals surface area contributed by atoms with Crippen LogP contribution in [0.4, 0.5) is 0 Å². The van der Waals surface area contributed by atoms with E-state index in [1.165, 1.54) is 6.26 Å². The van der Waals surface area contributed by atoms with Gasteiger partial charge in [-0.3, -0.25) is 4.99 Å². The van der Waals surface area contributed by atoms with E-state index in [-0.39, 0.29) is 29.7 Å². The summed E-state index contributed by atoms with van der Waals surface area (Å²) in [6, 6.07) is 7.66. The third kappa shape index (κ3) is 8.19. The highest BCUT2D eigenvalue weighted by molar-refractivity contribution is 14.0. The van der Waals surface area contributed by atoms with E-state index in [2.05, 4.69) is 10.3 Å². The summed E-state index contributed by atoms with van der Waals surface area (Å²) in [5, 5.41) is 3.87. The third-order valence-electron chi connectivity index (χ3n) is 2.91. The van der Waals surface area contributed by atoms with Crippen LogP contribution in [0.5, 0.6) is 0 Å². The van der Waals surface area contributed by atoms with Gasteiger partial charge in [0.25, 0.3) is 0 Å². The Kier molecular flexibility index (Phi) is 10.0. The zero-order valence-corrected chi connectivity index (χ0v) is 16.9. The summed E-state index contributed by atoms with van der Waals surface area (Å²) in [6.07, 6.45) is 1.79. The zero-order chi connectivity index (χ0) is 15.9. The molecule has 5 nitrogen and oxygen atoms in total. The van der Waals surface area contributed by atoms with Crippen LogP contribution in [0.3, 0.4) is 0 Å². The topological polar surface area (TPSA) is 61.8 Å². The molecule has 0 saturated heterocycles. The molecule has 0 aromatic heterocycles. The van der Waals surface area contributed by atoms with Crippen molar-refractivity contribution in [1.82, 2.24) is 10.2 Å². The van der Waals surface area contributed by atoms with Crippen LogP contribution in [0.25, 0.3) is 0 Å². The van der Waals surface area contributed by atoms with E-state index in [1.54, 1.807) is 7.05 Å². The van der Waals surface area contributed by atoms with E-state index in [0.717, 1.165) is 10.6 Å². The normalized spacial score (nSPS) is 11.7. The molecule has 0 aliphatic heterocycles. The Morgan fingerprint density at radius 1 is 1.36 bits per heavy atom. The quantitative estimate of drug-likeness (QED) is 0.307. The number of aliphatic imine (C=N–C) groups is 1. The first-order chi connectivity index (χ1) is 9.83. The highest BCUT2D eigenvalue weighted by atomic mass is 127. The summed E-state index contributed by atoms with van der Waals surface area (Å²) in [4.78, 5) is 6.13. The maximum absolute atomic E-state index is 11.1. The molecule has 0 fully saturated rings. The van der Waals surface area contributed by atoms with Gasteiger partial charge >= 0.3 is 0 Å². The second-order valence-electron chi connectivity index (χ2n) is 4.90. The molecule has 0 unspecified atom stereocenters. The SMILES string of the molecule is CN=C(NCCCS(C)(=O)=O)N(C)Cc1ccccc1Cl.I. The summed E-state index contributed by atoms with van der Waals surface area (Å²) in [6.45, 7) is 1.19. The van der Waals surface area contributed by atoms with Crippen LogP contribution in [0.1, 0.15) is 12.0 Å². The molecule has 22 heavy (non-hydrogen) atoms. The molecule has 126 valence electrons. The molecular weight excluding hydrogens is 437 g/mol. The summed E-state index contributed by atoms with van der Waals surface area (Å²) in [7, 11) is 0.694. The Morgan fingerprint density at radius 3 is 2.55 bits per heavy atom. The molecule has 0 atom stereocenters. The third-order valence-corrected chi connectivity index (χ3v) is 4.31. The van der Waals surface area contributed by atoms with Crippen LogP contribution in [0.15, 0.2) is 29.3 Å². The summed E-state index contributed by atoms with van der Waals surface area (Å²) in [5.41, 5.74) is 1.01. The molecule has 0 bridgehead atoms. The lowest BCUT2D eigenvalue weighted by Crippen LogP contribution is -2.39. The van der Waals surface area contributed by atoms with Gasteiger partial charge in [-0.15, -0.1) is 24.0 Å². The van der Waals surface area contributed by atoms with E-state index in [1.807, 2.05) is 36.2 Å². The Labute approximate surface area is 155 Å². The molecule has 0 aliphatic rings.